The van der Waals surface area contributed by atoms with Crippen molar-refractivity contribution in [1.82, 2.24) is 0 Å². The molecule has 0 radical (unpaired) electrons. The largest absolute Gasteiger partial charge is 0.370 e. The highest BCUT2D eigenvalue weighted by Gasteiger charge is 2.28. The highest BCUT2D eigenvalue weighted by atomic mass is 16.1. The summed E-state index contributed by atoms with van der Waals surface area (Å²) in [6.07, 6.45) is 0. The van der Waals surface area contributed by atoms with E-state index >= 15 is 0 Å². The highest BCUT2D eigenvalue weighted by molar-refractivity contribution is 5.95. The molecular weight excluding hydrogens is 234 g/mol. The number of hydrogen-bond acceptors (Lipinski definition) is 2. The maximum Gasteiger partial charge on any atom is 0.159 e. The smallest absolute Gasteiger partial charge is 0.159 e. The first-order chi connectivity index (χ1) is 9.24. The molecule has 0 amide bonds. The first-order valence-electron chi connectivity index (χ1n) is 6.65. The van der Waals surface area contributed by atoms with Gasteiger partial charge in [-0.05, 0) is 24.6 Å². The van der Waals surface area contributed by atoms with E-state index in [4.69, 9.17) is 0 Å². The van der Waals surface area contributed by atoms with Crippen molar-refractivity contribution in [1.29, 1.82) is 0 Å². The van der Waals surface area contributed by atoms with Crippen LogP contribution in [-0.4, -0.2) is 18.9 Å². The lowest BCUT2D eigenvalue weighted by Crippen LogP contribution is -2.45. The first-order valence-corrected chi connectivity index (χ1v) is 6.65. The molecule has 0 N–H and O–H groups in total. The topological polar surface area (TPSA) is 20.3 Å². The molecular formula is C17H17NO. The molecule has 1 heterocycles. The molecule has 1 aliphatic rings. The van der Waals surface area contributed by atoms with Crippen LogP contribution < -0.4 is 4.90 Å². The molecule has 1 aliphatic heterocycles. The first kappa shape index (κ1) is 12.0. The Morgan fingerprint density at radius 2 is 1.79 bits per heavy atom. The monoisotopic (exact) mass is 251 g/mol. The van der Waals surface area contributed by atoms with Gasteiger partial charge >= 0.3 is 0 Å². The van der Waals surface area contributed by atoms with Gasteiger partial charge in [0.1, 0.15) is 0 Å². The molecule has 19 heavy (non-hydrogen) atoms. The van der Waals surface area contributed by atoms with Crippen LogP contribution in [0.25, 0.3) is 0 Å². The van der Waals surface area contributed by atoms with Gasteiger partial charge in [0, 0.05) is 30.3 Å². The Labute approximate surface area is 113 Å². The molecule has 0 bridgehead atoms. The van der Waals surface area contributed by atoms with Crippen LogP contribution in [0.5, 0.6) is 0 Å². The third kappa shape index (κ3) is 2.39. The molecule has 0 aliphatic carbocycles. The second-order valence-electron chi connectivity index (χ2n) is 5.12. The van der Waals surface area contributed by atoms with E-state index in [0.717, 1.165) is 24.3 Å². The van der Waals surface area contributed by atoms with E-state index < -0.39 is 0 Å². The second kappa shape index (κ2) is 4.88. The third-order valence-corrected chi connectivity index (χ3v) is 3.77. The minimum absolute atomic E-state index is 0.127. The van der Waals surface area contributed by atoms with Crippen LogP contribution in [0.3, 0.4) is 0 Å². The second-order valence-corrected chi connectivity index (χ2v) is 5.12. The Balaban J connectivity index is 1.71. The van der Waals surface area contributed by atoms with E-state index in [1.54, 1.807) is 6.92 Å². The zero-order chi connectivity index (χ0) is 13.2. The van der Waals surface area contributed by atoms with Gasteiger partial charge in [-0.1, -0.05) is 42.5 Å². The maximum absolute atomic E-state index is 11.4. The van der Waals surface area contributed by atoms with E-state index in [1.165, 1.54) is 5.56 Å². The van der Waals surface area contributed by atoms with Crippen LogP contribution >= 0.6 is 0 Å². The fourth-order valence-corrected chi connectivity index (χ4v) is 2.55. The Morgan fingerprint density at radius 3 is 2.47 bits per heavy atom. The molecule has 0 atom stereocenters. The highest BCUT2D eigenvalue weighted by Crippen LogP contribution is 2.31. The Kier molecular flexibility index (Phi) is 3.08. The van der Waals surface area contributed by atoms with Crippen molar-refractivity contribution < 1.29 is 4.79 Å². The zero-order valence-corrected chi connectivity index (χ0v) is 11.0. The minimum Gasteiger partial charge on any atom is -0.370 e. The van der Waals surface area contributed by atoms with Gasteiger partial charge in [-0.15, -0.1) is 0 Å². The van der Waals surface area contributed by atoms with E-state index in [-0.39, 0.29) is 5.78 Å². The quantitative estimate of drug-likeness (QED) is 0.778. The molecule has 0 unspecified atom stereocenters. The standard InChI is InChI=1S/C17H17NO/c1-13(19)15-8-5-9-17(10-15)18-11-16(12-18)14-6-3-2-4-7-14/h2-10,16H,11-12H2,1H3. The Bertz CT molecular complexity index is 585. The van der Waals surface area contributed by atoms with Gasteiger partial charge in [0.2, 0.25) is 0 Å². The molecule has 0 saturated carbocycles. The van der Waals surface area contributed by atoms with Crippen LogP contribution in [0, 0.1) is 0 Å². The van der Waals surface area contributed by atoms with Gasteiger partial charge in [-0.2, -0.15) is 0 Å². The van der Waals surface area contributed by atoms with Gasteiger partial charge in [0.15, 0.2) is 5.78 Å². The Hall–Kier alpha value is -2.09. The average molecular weight is 251 g/mol. The number of benzene rings is 2. The van der Waals surface area contributed by atoms with Gasteiger partial charge in [0.05, 0.1) is 0 Å². The molecule has 1 saturated heterocycles. The predicted octanol–water partition coefficient (Wildman–Crippen LogP) is 3.49. The van der Waals surface area contributed by atoms with Crippen molar-refractivity contribution in [3.8, 4) is 0 Å². The lowest BCUT2D eigenvalue weighted by molar-refractivity contribution is 0.101. The van der Waals surface area contributed by atoms with E-state index in [9.17, 15) is 4.79 Å². The summed E-state index contributed by atoms with van der Waals surface area (Å²) in [7, 11) is 0. The summed E-state index contributed by atoms with van der Waals surface area (Å²) in [5.41, 5.74) is 3.35. The number of carbonyl (C=O) groups excluding carboxylic acids is 1. The van der Waals surface area contributed by atoms with Crippen LogP contribution in [0.4, 0.5) is 5.69 Å². The minimum atomic E-state index is 0.127. The SMILES string of the molecule is CC(=O)c1cccc(N2CC(c3ccccc3)C2)c1. The zero-order valence-electron chi connectivity index (χ0n) is 11.0. The molecule has 2 aromatic rings. The number of anilines is 1. The maximum atomic E-state index is 11.4. The van der Waals surface area contributed by atoms with Crippen molar-refractivity contribution in [3.05, 3.63) is 65.7 Å². The fourth-order valence-electron chi connectivity index (χ4n) is 2.55. The number of carbonyl (C=O) groups is 1. The normalized spacial score (nSPS) is 15.1. The van der Waals surface area contributed by atoms with E-state index in [0.29, 0.717) is 5.92 Å². The number of hydrogen-bond donors (Lipinski definition) is 0. The number of rotatable bonds is 3. The van der Waals surface area contributed by atoms with Crippen molar-refractivity contribution in [2.24, 2.45) is 0 Å². The summed E-state index contributed by atoms with van der Waals surface area (Å²) < 4.78 is 0. The molecule has 1 fully saturated rings. The van der Waals surface area contributed by atoms with E-state index in [1.807, 2.05) is 18.2 Å². The molecule has 2 heteroatoms. The van der Waals surface area contributed by atoms with Crippen molar-refractivity contribution in [3.63, 3.8) is 0 Å². The van der Waals surface area contributed by atoms with Crippen molar-refractivity contribution >= 4 is 11.5 Å². The fraction of sp³-hybridized carbons (Fsp3) is 0.235. The summed E-state index contributed by atoms with van der Waals surface area (Å²) in [5.74, 6) is 0.740. The van der Waals surface area contributed by atoms with Crippen LogP contribution in [0.2, 0.25) is 0 Å². The average Bonchev–Trinajstić information content (AvgIpc) is 2.39. The predicted molar refractivity (Wildman–Crippen MR) is 77.8 cm³/mol. The summed E-state index contributed by atoms with van der Waals surface area (Å²) in [6, 6.07) is 18.5. The molecule has 0 spiro atoms. The van der Waals surface area contributed by atoms with Crippen molar-refractivity contribution in [2.45, 2.75) is 12.8 Å². The summed E-state index contributed by atoms with van der Waals surface area (Å²) in [5, 5.41) is 0. The lowest BCUT2D eigenvalue weighted by Gasteiger charge is -2.41. The van der Waals surface area contributed by atoms with Gasteiger partial charge in [0.25, 0.3) is 0 Å². The third-order valence-electron chi connectivity index (χ3n) is 3.77. The van der Waals surface area contributed by atoms with E-state index in [2.05, 4.69) is 41.3 Å². The summed E-state index contributed by atoms with van der Waals surface area (Å²) in [4.78, 5) is 13.7. The molecule has 2 aromatic carbocycles. The summed E-state index contributed by atoms with van der Waals surface area (Å²) in [6.45, 7) is 3.68. The van der Waals surface area contributed by atoms with Crippen molar-refractivity contribution in [2.75, 3.05) is 18.0 Å². The van der Waals surface area contributed by atoms with Crippen LogP contribution in [0.15, 0.2) is 54.6 Å². The Morgan fingerprint density at radius 1 is 1.05 bits per heavy atom. The molecule has 0 aromatic heterocycles. The number of ketones is 1. The number of nitrogens with zero attached hydrogens (tertiary/aromatic N) is 1. The lowest BCUT2D eigenvalue weighted by atomic mass is 9.91. The molecule has 2 nitrogen and oxygen atoms in total. The van der Waals surface area contributed by atoms with Gasteiger partial charge in [-0.25, -0.2) is 0 Å². The van der Waals surface area contributed by atoms with Gasteiger partial charge < -0.3 is 4.90 Å². The van der Waals surface area contributed by atoms with Crippen LogP contribution in [0.1, 0.15) is 28.8 Å². The molecule has 96 valence electrons. The molecule has 3 rings (SSSR count). The summed E-state index contributed by atoms with van der Waals surface area (Å²) >= 11 is 0. The van der Waals surface area contributed by atoms with Gasteiger partial charge in [-0.3, -0.25) is 4.79 Å². The van der Waals surface area contributed by atoms with Crippen LogP contribution in [-0.2, 0) is 0 Å². The number of Topliss-reactive ketones (excluding diaryl/α,β-unsaturated/α-hetero) is 1.